The highest BCUT2D eigenvalue weighted by atomic mass is 35.5. The zero-order valence-corrected chi connectivity index (χ0v) is 15.2. The number of benzene rings is 2. The Morgan fingerprint density at radius 2 is 1.89 bits per heavy atom. The molecule has 0 aliphatic heterocycles. The number of halogens is 1. The van der Waals surface area contributed by atoms with Crippen LogP contribution in [0.15, 0.2) is 60.9 Å². The van der Waals surface area contributed by atoms with Gasteiger partial charge in [-0.25, -0.2) is 9.97 Å². The van der Waals surface area contributed by atoms with Crippen LogP contribution in [-0.2, 0) is 4.79 Å². The number of para-hydroxylation sites is 1. The minimum absolute atomic E-state index is 0.146. The van der Waals surface area contributed by atoms with Gasteiger partial charge < -0.3 is 15.2 Å². The highest BCUT2D eigenvalue weighted by Crippen LogP contribution is 2.23. The molecule has 2 N–H and O–H groups in total. The molecule has 2 aromatic carbocycles. The topological polar surface area (TPSA) is 84.3 Å². The van der Waals surface area contributed by atoms with E-state index in [1.807, 2.05) is 12.1 Å². The lowest BCUT2D eigenvalue weighted by atomic mass is 10.2. The van der Waals surface area contributed by atoms with Crippen LogP contribution in [0.3, 0.4) is 0 Å². The summed E-state index contributed by atoms with van der Waals surface area (Å²) in [6.07, 6.45) is 3.92. The second-order valence-electron chi connectivity index (χ2n) is 5.78. The first-order valence-corrected chi connectivity index (χ1v) is 8.78. The van der Waals surface area contributed by atoms with Crippen molar-refractivity contribution in [3.8, 4) is 22.9 Å². The van der Waals surface area contributed by atoms with Crippen LogP contribution in [0.1, 0.15) is 12.8 Å². The summed E-state index contributed by atoms with van der Waals surface area (Å²) in [5.41, 5.74) is 1.21. The summed E-state index contributed by atoms with van der Waals surface area (Å²) in [5, 5.41) is 12.8. The van der Waals surface area contributed by atoms with Gasteiger partial charge in [0.1, 0.15) is 11.5 Å². The molecule has 0 bridgehead atoms. The molecule has 0 aliphatic rings. The van der Waals surface area contributed by atoms with Gasteiger partial charge in [0.2, 0.25) is 5.91 Å². The van der Waals surface area contributed by atoms with E-state index in [-0.39, 0.29) is 11.7 Å². The first-order chi connectivity index (χ1) is 13.1. The van der Waals surface area contributed by atoms with E-state index in [1.54, 1.807) is 36.4 Å². The average molecular weight is 384 g/mol. The summed E-state index contributed by atoms with van der Waals surface area (Å²) in [6.45, 7) is 0.393. The largest absolute Gasteiger partial charge is 0.508 e. The minimum Gasteiger partial charge on any atom is -0.508 e. The third-order valence-corrected chi connectivity index (χ3v) is 3.99. The van der Waals surface area contributed by atoms with Gasteiger partial charge in [-0.1, -0.05) is 35.9 Å². The Labute approximate surface area is 161 Å². The Bertz CT molecular complexity index is 916. The quantitative estimate of drug-likeness (QED) is 0.594. The smallest absolute Gasteiger partial charge is 0.224 e. The number of phenolic OH excluding ortho intramolecular Hbond substituents is 1. The first kappa shape index (κ1) is 18.7. The van der Waals surface area contributed by atoms with Crippen molar-refractivity contribution in [1.82, 2.24) is 9.97 Å². The van der Waals surface area contributed by atoms with Crippen LogP contribution in [-0.4, -0.2) is 27.6 Å². The van der Waals surface area contributed by atoms with E-state index in [0.29, 0.717) is 47.3 Å². The van der Waals surface area contributed by atoms with Crippen molar-refractivity contribution in [2.24, 2.45) is 0 Å². The molecule has 3 aromatic rings. The lowest BCUT2D eigenvalue weighted by Crippen LogP contribution is -2.13. The van der Waals surface area contributed by atoms with E-state index < -0.39 is 0 Å². The summed E-state index contributed by atoms with van der Waals surface area (Å²) in [5.74, 6) is 1.08. The third-order valence-electron chi connectivity index (χ3n) is 3.68. The van der Waals surface area contributed by atoms with Gasteiger partial charge in [-0.05, 0) is 30.7 Å². The molecule has 1 amide bonds. The Morgan fingerprint density at radius 3 is 2.63 bits per heavy atom. The number of nitrogens with one attached hydrogen (secondary N) is 1. The van der Waals surface area contributed by atoms with Crippen molar-refractivity contribution in [3.63, 3.8) is 0 Å². The number of carbonyl (C=O) groups excluding carboxylic acids is 1. The number of anilines is 1. The summed E-state index contributed by atoms with van der Waals surface area (Å²) < 4.78 is 5.55. The number of amides is 1. The summed E-state index contributed by atoms with van der Waals surface area (Å²) in [7, 11) is 0. The summed E-state index contributed by atoms with van der Waals surface area (Å²) in [4.78, 5) is 20.4. The molecule has 27 heavy (non-hydrogen) atoms. The number of hydrogen-bond acceptors (Lipinski definition) is 5. The molecule has 0 spiro atoms. The van der Waals surface area contributed by atoms with Gasteiger partial charge in [0.25, 0.3) is 0 Å². The number of phenols is 1. The van der Waals surface area contributed by atoms with Crippen LogP contribution in [0.5, 0.6) is 11.5 Å². The second kappa shape index (κ2) is 9.00. The van der Waals surface area contributed by atoms with Gasteiger partial charge >= 0.3 is 0 Å². The van der Waals surface area contributed by atoms with Crippen molar-refractivity contribution < 1.29 is 14.6 Å². The SMILES string of the molecule is O=C(CCCOc1ccccc1Cl)Nc1cnc(-c2cccc(O)c2)nc1. The van der Waals surface area contributed by atoms with E-state index >= 15 is 0 Å². The van der Waals surface area contributed by atoms with Crippen molar-refractivity contribution in [2.75, 3.05) is 11.9 Å². The molecule has 138 valence electrons. The van der Waals surface area contributed by atoms with Crippen LogP contribution in [0.25, 0.3) is 11.4 Å². The van der Waals surface area contributed by atoms with Gasteiger partial charge in [0, 0.05) is 12.0 Å². The highest BCUT2D eigenvalue weighted by Gasteiger charge is 2.06. The number of rotatable bonds is 7. The molecule has 0 unspecified atom stereocenters. The van der Waals surface area contributed by atoms with Crippen LogP contribution >= 0.6 is 11.6 Å². The van der Waals surface area contributed by atoms with Crippen LogP contribution in [0, 0.1) is 0 Å². The molecular weight excluding hydrogens is 366 g/mol. The van der Waals surface area contributed by atoms with E-state index in [0.717, 1.165) is 0 Å². The average Bonchev–Trinajstić information content (AvgIpc) is 2.67. The Hall–Kier alpha value is -3.12. The lowest BCUT2D eigenvalue weighted by molar-refractivity contribution is -0.116. The standard InChI is InChI=1S/C20H18ClN3O3/c21-17-7-1-2-8-18(17)27-10-4-9-19(26)24-15-12-22-20(23-13-15)14-5-3-6-16(25)11-14/h1-3,5-8,11-13,25H,4,9-10H2,(H,24,26). The molecule has 0 saturated carbocycles. The van der Waals surface area contributed by atoms with E-state index in [1.165, 1.54) is 12.4 Å². The van der Waals surface area contributed by atoms with E-state index in [4.69, 9.17) is 16.3 Å². The molecule has 0 atom stereocenters. The third kappa shape index (κ3) is 5.43. The fourth-order valence-corrected chi connectivity index (χ4v) is 2.58. The molecule has 1 aromatic heterocycles. The minimum atomic E-state index is -0.147. The van der Waals surface area contributed by atoms with E-state index in [2.05, 4.69) is 15.3 Å². The van der Waals surface area contributed by atoms with Gasteiger partial charge in [-0.2, -0.15) is 0 Å². The summed E-state index contributed by atoms with van der Waals surface area (Å²) >= 11 is 6.01. The van der Waals surface area contributed by atoms with Gasteiger partial charge in [0.15, 0.2) is 5.82 Å². The van der Waals surface area contributed by atoms with Crippen molar-refractivity contribution in [2.45, 2.75) is 12.8 Å². The molecule has 7 heteroatoms. The van der Waals surface area contributed by atoms with Crippen molar-refractivity contribution in [3.05, 3.63) is 65.9 Å². The van der Waals surface area contributed by atoms with Gasteiger partial charge in [-0.15, -0.1) is 0 Å². The lowest BCUT2D eigenvalue weighted by Gasteiger charge is -2.08. The maximum absolute atomic E-state index is 12.0. The zero-order chi connectivity index (χ0) is 19.1. The molecule has 6 nitrogen and oxygen atoms in total. The molecule has 0 aliphatic carbocycles. The number of aromatic nitrogens is 2. The van der Waals surface area contributed by atoms with Gasteiger partial charge in [-0.3, -0.25) is 4.79 Å². The maximum Gasteiger partial charge on any atom is 0.224 e. The molecule has 1 heterocycles. The predicted molar refractivity (Wildman–Crippen MR) is 104 cm³/mol. The van der Waals surface area contributed by atoms with Crippen LogP contribution in [0.4, 0.5) is 5.69 Å². The number of aromatic hydroxyl groups is 1. The first-order valence-electron chi connectivity index (χ1n) is 8.40. The fraction of sp³-hybridized carbons (Fsp3) is 0.150. The van der Waals surface area contributed by atoms with Crippen LogP contribution < -0.4 is 10.1 Å². The second-order valence-corrected chi connectivity index (χ2v) is 6.18. The molecule has 0 fully saturated rings. The Balaban J connectivity index is 1.46. The Morgan fingerprint density at radius 1 is 1.11 bits per heavy atom. The van der Waals surface area contributed by atoms with E-state index in [9.17, 15) is 9.90 Å². The fourth-order valence-electron chi connectivity index (χ4n) is 2.39. The molecule has 3 rings (SSSR count). The summed E-state index contributed by atoms with van der Waals surface area (Å²) in [6, 6.07) is 13.9. The highest BCUT2D eigenvalue weighted by molar-refractivity contribution is 6.32. The number of ether oxygens (including phenoxy) is 1. The van der Waals surface area contributed by atoms with Crippen molar-refractivity contribution in [1.29, 1.82) is 0 Å². The number of hydrogen-bond donors (Lipinski definition) is 2. The molecular formula is C20H18ClN3O3. The van der Waals surface area contributed by atoms with Crippen LogP contribution in [0.2, 0.25) is 5.02 Å². The Kier molecular flexibility index (Phi) is 6.22. The van der Waals surface area contributed by atoms with Crippen molar-refractivity contribution >= 4 is 23.2 Å². The predicted octanol–water partition coefficient (Wildman–Crippen LogP) is 4.30. The monoisotopic (exact) mass is 383 g/mol. The number of carbonyl (C=O) groups is 1. The molecule has 0 saturated heterocycles. The maximum atomic E-state index is 12.0. The van der Waals surface area contributed by atoms with Gasteiger partial charge in [0.05, 0.1) is 29.7 Å². The molecule has 0 radical (unpaired) electrons. The number of nitrogens with zero attached hydrogens (tertiary/aromatic N) is 2. The zero-order valence-electron chi connectivity index (χ0n) is 14.4. The normalized spacial score (nSPS) is 10.4.